The van der Waals surface area contributed by atoms with E-state index in [4.69, 9.17) is 9.47 Å². The molecule has 0 saturated heterocycles. The van der Waals surface area contributed by atoms with Crippen molar-refractivity contribution in [2.45, 2.75) is 53.4 Å². The minimum Gasteiger partial charge on any atom is -0.482 e. The fourth-order valence-electron chi connectivity index (χ4n) is 3.41. The largest absolute Gasteiger partial charge is 0.482 e. The van der Waals surface area contributed by atoms with E-state index in [1.165, 1.54) is 4.31 Å². The fraction of sp³-hybridized carbons (Fsp3) is 0.458. The Labute approximate surface area is 186 Å². The molecular formula is C24H33NO5S. The Kier molecular flexibility index (Phi) is 8.12. The first-order valence-corrected chi connectivity index (χ1v) is 11.9. The number of hydrogen-bond donors (Lipinski definition) is 0. The molecule has 0 fully saturated rings. The molecular weight excluding hydrogens is 414 g/mol. The second-order valence-electron chi connectivity index (χ2n) is 8.13. The molecule has 31 heavy (non-hydrogen) atoms. The van der Waals surface area contributed by atoms with Crippen LogP contribution in [0.5, 0.6) is 5.75 Å². The highest BCUT2D eigenvalue weighted by molar-refractivity contribution is 7.92. The van der Waals surface area contributed by atoms with Gasteiger partial charge in [0.1, 0.15) is 5.75 Å². The van der Waals surface area contributed by atoms with Gasteiger partial charge in [-0.05, 0) is 75.4 Å². The van der Waals surface area contributed by atoms with Gasteiger partial charge in [-0.25, -0.2) is 13.2 Å². The van der Waals surface area contributed by atoms with Crippen molar-refractivity contribution >= 4 is 21.7 Å². The molecule has 0 aliphatic carbocycles. The van der Waals surface area contributed by atoms with Gasteiger partial charge in [0.2, 0.25) is 0 Å². The highest BCUT2D eigenvalue weighted by Crippen LogP contribution is 2.33. The topological polar surface area (TPSA) is 72.9 Å². The molecule has 0 N–H and O–H groups in total. The Morgan fingerprint density at radius 3 is 2.29 bits per heavy atom. The molecule has 0 aliphatic rings. The van der Waals surface area contributed by atoms with Crippen molar-refractivity contribution in [2.24, 2.45) is 5.92 Å². The molecule has 0 atom stereocenters. The summed E-state index contributed by atoms with van der Waals surface area (Å²) in [6.45, 7) is 13.6. The van der Waals surface area contributed by atoms with Crippen molar-refractivity contribution in [1.29, 1.82) is 0 Å². The van der Waals surface area contributed by atoms with Crippen molar-refractivity contribution in [1.82, 2.24) is 0 Å². The Morgan fingerprint density at radius 1 is 1.03 bits per heavy atom. The molecule has 170 valence electrons. The van der Waals surface area contributed by atoms with E-state index in [0.717, 1.165) is 11.1 Å². The molecule has 7 heteroatoms. The van der Waals surface area contributed by atoms with Crippen LogP contribution in [0.1, 0.15) is 43.0 Å². The predicted molar refractivity (Wildman–Crippen MR) is 123 cm³/mol. The van der Waals surface area contributed by atoms with Gasteiger partial charge in [-0.15, -0.1) is 0 Å². The molecule has 2 rings (SSSR count). The van der Waals surface area contributed by atoms with Crippen LogP contribution in [0, 0.1) is 33.6 Å². The van der Waals surface area contributed by atoms with Crippen LogP contribution in [0.3, 0.4) is 0 Å². The predicted octanol–water partition coefficient (Wildman–Crippen LogP) is 4.71. The molecule has 2 aromatic rings. The lowest BCUT2D eigenvalue weighted by atomic mass is 10.1. The number of anilines is 1. The molecule has 0 spiro atoms. The smallest absolute Gasteiger partial charge is 0.344 e. The Morgan fingerprint density at radius 2 is 1.71 bits per heavy atom. The number of esters is 1. The summed E-state index contributed by atoms with van der Waals surface area (Å²) in [5.74, 6) is 0.143. The van der Waals surface area contributed by atoms with Crippen LogP contribution >= 0.6 is 0 Å². The number of carbonyl (C=O) groups is 1. The number of ether oxygens (including phenoxy) is 2. The minimum absolute atomic E-state index is 0.143. The Balaban J connectivity index is 2.47. The van der Waals surface area contributed by atoms with Crippen molar-refractivity contribution < 1.29 is 22.7 Å². The van der Waals surface area contributed by atoms with Gasteiger partial charge in [0.25, 0.3) is 10.0 Å². The second-order valence-corrected chi connectivity index (χ2v) is 9.96. The fourth-order valence-corrected chi connectivity index (χ4v) is 5.38. The first kappa shape index (κ1) is 24.7. The third kappa shape index (κ3) is 5.79. The van der Waals surface area contributed by atoms with Crippen molar-refractivity contribution in [3.05, 3.63) is 52.6 Å². The summed E-state index contributed by atoms with van der Waals surface area (Å²) in [5, 5.41) is 0. The van der Waals surface area contributed by atoms with Crippen LogP contribution in [-0.4, -0.2) is 34.1 Å². The van der Waals surface area contributed by atoms with E-state index in [1.807, 2.05) is 45.9 Å². The van der Waals surface area contributed by atoms with Gasteiger partial charge >= 0.3 is 5.97 Å². The molecule has 0 amide bonds. The lowest BCUT2D eigenvalue weighted by molar-refractivity contribution is -0.145. The zero-order chi connectivity index (χ0) is 23.3. The van der Waals surface area contributed by atoms with Crippen LogP contribution in [0.15, 0.2) is 35.2 Å². The molecule has 0 heterocycles. The first-order chi connectivity index (χ1) is 14.5. The molecule has 0 saturated carbocycles. The van der Waals surface area contributed by atoms with E-state index in [2.05, 4.69) is 0 Å². The van der Waals surface area contributed by atoms with Gasteiger partial charge in [-0.3, -0.25) is 4.31 Å². The molecule has 0 bridgehead atoms. The maximum absolute atomic E-state index is 13.8. The maximum atomic E-state index is 13.8. The number of benzene rings is 2. The molecule has 6 nitrogen and oxygen atoms in total. The van der Waals surface area contributed by atoms with Crippen LogP contribution in [0.2, 0.25) is 0 Å². The molecule has 0 aromatic heterocycles. The number of sulfonamides is 1. The zero-order valence-corrected chi connectivity index (χ0v) is 20.3. The minimum atomic E-state index is -3.81. The van der Waals surface area contributed by atoms with Gasteiger partial charge in [-0.1, -0.05) is 31.5 Å². The van der Waals surface area contributed by atoms with Gasteiger partial charge in [0.05, 0.1) is 17.2 Å². The summed E-state index contributed by atoms with van der Waals surface area (Å²) in [7, 11) is -3.81. The van der Waals surface area contributed by atoms with Crippen molar-refractivity contribution in [3.8, 4) is 5.75 Å². The molecule has 0 radical (unpaired) electrons. The monoisotopic (exact) mass is 447 g/mol. The third-order valence-corrected chi connectivity index (χ3v) is 6.98. The van der Waals surface area contributed by atoms with Crippen LogP contribution in [0.25, 0.3) is 0 Å². The highest BCUT2D eigenvalue weighted by atomic mass is 32.2. The van der Waals surface area contributed by atoms with Gasteiger partial charge in [0.15, 0.2) is 6.61 Å². The van der Waals surface area contributed by atoms with Crippen LogP contribution in [0.4, 0.5) is 5.69 Å². The lowest BCUT2D eigenvalue weighted by Gasteiger charge is -2.29. The van der Waals surface area contributed by atoms with E-state index < -0.39 is 16.0 Å². The third-order valence-electron chi connectivity index (χ3n) is 5.06. The average Bonchev–Trinajstić information content (AvgIpc) is 2.67. The molecule has 0 aliphatic heterocycles. The van der Waals surface area contributed by atoms with Crippen molar-refractivity contribution in [2.75, 3.05) is 24.1 Å². The van der Waals surface area contributed by atoms with Gasteiger partial charge in [0, 0.05) is 6.54 Å². The Hall–Kier alpha value is -2.54. The summed E-state index contributed by atoms with van der Waals surface area (Å²) in [5.41, 5.74) is 3.95. The van der Waals surface area contributed by atoms with Crippen LogP contribution in [-0.2, 0) is 19.6 Å². The van der Waals surface area contributed by atoms with E-state index in [0.29, 0.717) is 29.1 Å². The van der Waals surface area contributed by atoms with Gasteiger partial charge in [-0.2, -0.15) is 0 Å². The summed E-state index contributed by atoms with van der Waals surface area (Å²) in [4.78, 5) is 11.8. The average molecular weight is 448 g/mol. The summed E-state index contributed by atoms with van der Waals surface area (Å²) in [6.07, 6.45) is 0. The number of nitrogens with zero attached hydrogens (tertiary/aromatic N) is 1. The SMILES string of the molecule is CCOC(=O)COc1ccc(S(=O)(=O)N(CC(C)C)c2ccc(C)cc2C)c(C)c1C. The van der Waals surface area contributed by atoms with Crippen LogP contribution < -0.4 is 9.04 Å². The van der Waals surface area contributed by atoms with Gasteiger partial charge < -0.3 is 9.47 Å². The lowest BCUT2D eigenvalue weighted by Crippen LogP contribution is -2.35. The summed E-state index contributed by atoms with van der Waals surface area (Å²) < 4.78 is 39.4. The van der Waals surface area contributed by atoms with E-state index in [-0.39, 0.29) is 24.0 Å². The number of hydrogen-bond acceptors (Lipinski definition) is 5. The highest BCUT2D eigenvalue weighted by Gasteiger charge is 2.29. The number of carbonyl (C=O) groups excluding carboxylic acids is 1. The Bertz CT molecular complexity index is 1040. The quantitative estimate of drug-likeness (QED) is 0.521. The standard InChI is InChI=1S/C24H33NO5S/c1-8-29-24(26)15-30-22-11-12-23(20(7)19(22)6)31(27,28)25(14-16(2)3)21-10-9-17(4)13-18(21)5/h9-13,16H,8,14-15H2,1-7H3. The number of rotatable bonds is 9. The van der Waals surface area contributed by atoms with E-state index in [9.17, 15) is 13.2 Å². The summed E-state index contributed by atoms with van der Waals surface area (Å²) in [6, 6.07) is 8.93. The molecule has 0 unspecified atom stereocenters. The zero-order valence-electron chi connectivity index (χ0n) is 19.5. The van der Waals surface area contributed by atoms with E-state index in [1.54, 1.807) is 32.9 Å². The normalized spacial score (nSPS) is 11.5. The second kappa shape index (κ2) is 10.2. The number of aryl methyl sites for hydroxylation is 2. The first-order valence-electron chi connectivity index (χ1n) is 10.5. The molecule has 2 aromatic carbocycles. The summed E-state index contributed by atoms with van der Waals surface area (Å²) >= 11 is 0. The van der Waals surface area contributed by atoms with E-state index >= 15 is 0 Å². The maximum Gasteiger partial charge on any atom is 0.344 e. The van der Waals surface area contributed by atoms with Crippen molar-refractivity contribution in [3.63, 3.8) is 0 Å².